The first kappa shape index (κ1) is 28.5. The summed E-state index contributed by atoms with van der Waals surface area (Å²) in [7, 11) is 5.37. The number of nitrogens with one attached hydrogen (secondary N) is 4. The maximum absolute atomic E-state index is 13.4. The average Bonchev–Trinajstić information content (AvgIpc) is 3.20. The Morgan fingerprint density at radius 3 is 2.45 bits per heavy atom. The molecule has 0 fully saturated rings. The fourth-order valence-electron chi connectivity index (χ4n) is 3.76. The second kappa shape index (κ2) is 12.0. The summed E-state index contributed by atoms with van der Waals surface area (Å²) in [5.74, 6) is 5.79. The summed E-state index contributed by atoms with van der Waals surface area (Å²) >= 11 is 0. The number of hydrogen-bond donors (Lipinski definition) is 5. The average molecular weight is 531 g/mol. The van der Waals surface area contributed by atoms with Crippen molar-refractivity contribution in [1.29, 1.82) is 0 Å². The SMILES string of the molecule is CNCCNc1ccc(C(F)(F)F)cc1NC(=O)c1ccc(C)c(N(N)/C=C(\NC)c2cnn(C)c2C)c1. The standard InChI is InChI=1S/C26H33F3N8O/c1-16-6-7-18(12-24(16)37(30)15-23(32-4)20-14-34-36(5)17(20)2)25(38)35-22-13-19(26(27,28)29)8-9-21(22)33-11-10-31-3/h6-9,12-15,31-33H,10-11,30H2,1-5H3,(H,35,38)/b23-15-. The van der Waals surface area contributed by atoms with Gasteiger partial charge in [-0.2, -0.15) is 18.3 Å². The van der Waals surface area contributed by atoms with Gasteiger partial charge in [0.05, 0.1) is 34.5 Å². The van der Waals surface area contributed by atoms with E-state index in [9.17, 15) is 18.0 Å². The van der Waals surface area contributed by atoms with Crippen LogP contribution in [0, 0.1) is 13.8 Å². The molecule has 6 N–H and O–H groups in total. The lowest BCUT2D eigenvalue weighted by molar-refractivity contribution is -0.137. The number of carbonyl (C=O) groups excluding carboxylic acids is 1. The van der Waals surface area contributed by atoms with Crippen molar-refractivity contribution in [2.45, 2.75) is 20.0 Å². The van der Waals surface area contributed by atoms with Crippen molar-refractivity contribution in [3.8, 4) is 0 Å². The Bertz CT molecular complexity index is 1320. The summed E-state index contributed by atoms with van der Waals surface area (Å²) < 4.78 is 41.8. The molecule has 1 amide bonds. The summed E-state index contributed by atoms with van der Waals surface area (Å²) in [5.41, 5.74) is 3.63. The molecular weight excluding hydrogens is 497 g/mol. The molecule has 204 valence electrons. The van der Waals surface area contributed by atoms with E-state index in [1.54, 1.807) is 49.4 Å². The molecule has 9 nitrogen and oxygen atoms in total. The first-order valence-corrected chi connectivity index (χ1v) is 11.9. The zero-order chi connectivity index (χ0) is 28.0. The predicted octanol–water partition coefficient (Wildman–Crippen LogP) is 3.84. The third-order valence-corrected chi connectivity index (χ3v) is 6.10. The number of nitrogens with two attached hydrogens (primary N) is 1. The number of nitrogens with zero attached hydrogens (tertiary/aromatic N) is 3. The number of amides is 1. The minimum absolute atomic E-state index is 0.0251. The van der Waals surface area contributed by atoms with Gasteiger partial charge in [-0.25, -0.2) is 5.84 Å². The molecule has 0 aliphatic carbocycles. The summed E-state index contributed by atoms with van der Waals surface area (Å²) in [6.45, 7) is 4.82. The van der Waals surface area contributed by atoms with E-state index in [0.717, 1.165) is 29.0 Å². The van der Waals surface area contributed by atoms with Gasteiger partial charge in [-0.1, -0.05) is 6.07 Å². The van der Waals surface area contributed by atoms with Gasteiger partial charge >= 0.3 is 6.18 Å². The molecule has 12 heteroatoms. The van der Waals surface area contributed by atoms with Gasteiger partial charge in [0.2, 0.25) is 0 Å². The largest absolute Gasteiger partial charge is 0.416 e. The normalized spacial score (nSPS) is 11.9. The molecule has 0 saturated carbocycles. The molecule has 0 bridgehead atoms. The van der Waals surface area contributed by atoms with Gasteiger partial charge in [0.1, 0.15) is 0 Å². The Morgan fingerprint density at radius 2 is 1.84 bits per heavy atom. The van der Waals surface area contributed by atoms with Crippen LogP contribution in [0.5, 0.6) is 0 Å². The lowest BCUT2D eigenvalue weighted by Crippen LogP contribution is -2.27. The van der Waals surface area contributed by atoms with Crippen molar-refractivity contribution in [1.82, 2.24) is 20.4 Å². The van der Waals surface area contributed by atoms with Crippen LogP contribution in [-0.2, 0) is 13.2 Å². The van der Waals surface area contributed by atoms with E-state index in [4.69, 9.17) is 5.84 Å². The second-order valence-corrected chi connectivity index (χ2v) is 8.71. The number of alkyl halides is 3. The molecule has 3 rings (SSSR count). The number of halogens is 3. The summed E-state index contributed by atoms with van der Waals surface area (Å²) in [4.78, 5) is 13.2. The maximum Gasteiger partial charge on any atom is 0.416 e. The number of aryl methyl sites for hydroxylation is 2. The number of carbonyl (C=O) groups is 1. The van der Waals surface area contributed by atoms with Crippen LogP contribution in [0.4, 0.5) is 30.2 Å². The van der Waals surface area contributed by atoms with Crippen LogP contribution in [-0.4, -0.2) is 42.9 Å². The maximum atomic E-state index is 13.4. The van der Waals surface area contributed by atoms with Gasteiger partial charge in [-0.05, 0) is 56.8 Å². The monoisotopic (exact) mass is 530 g/mol. The van der Waals surface area contributed by atoms with Crippen molar-refractivity contribution >= 4 is 28.7 Å². The minimum atomic E-state index is -4.55. The highest BCUT2D eigenvalue weighted by Gasteiger charge is 2.31. The zero-order valence-electron chi connectivity index (χ0n) is 22.0. The van der Waals surface area contributed by atoms with Crippen molar-refractivity contribution in [3.05, 3.63) is 76.7 Å². The number of hydrogen-bond acceptors (Lipinski definition) is 7. The van der Waals surface area contributed by atoms with Crippen molar-refractivity contribution in [2.24, 2.45) is 12.9 Å². The number of benzene rings is 2. The molecular formula is C26H33F3N8O. The lowest BCUT2D eigenvalue weighted by Gasteiger charge is -2.20. The van der Waals surface area contributed by atoms with Crippen LogP contribution in [0.3, 0.4) is 0 Å². The third kappa shape index (κ3) is 6.64. The quantitative estimate of drug-likeness (QED) is 0.154. The predicted molar refractivity (Wildman–Crippen MR) is 145 cm³/mol. The van der Waals surface area contributed by atoms with E-state index in [2.05, 4.69) is 26.4 Å². The van der Waals surface area contributed by atoms with Gasteiger partial charge < -0.3 is 21.3 Å². The van der Waals surface area contributed by atoms with Gasteiger partial charge in [0, 0.05) is 50.2 Å². The molecule has 1 heterocycles. The Morgan fingerprint density at radius 1 is 1.11 bits per heavy atom. The van der Waals surface area contributed by atoms with Gasteiger partial charge in [-0.15, -0.1) is 0 Å². The molecule has 2 aromatic carbocycles. The number of anilines is 3. The molecule has 0 atom stereocenters. The Labute approximate surface area is 219 Å². The molecule has 0 unspecified atom stereocenters. The van der Waals surface area contributed by atoms with E-state index >= 15 is 0 Å². The molecule has 0 saturated heterocycles. The van der Waals surface area contributed by atoms with Crippen LogP contribution in [0.15, 0.2) is 48.8 Å². The molecule has 0 aliphatic heterocycles. The molecule has 0 radical (unpaired) electrons. The number of likely N-dealkylation sites (N-methyl/N-ethyl adjacent to an activating group) is 1. The summed E-state index contributed by atoms with van der Waals surface area (Å²) in [6, 6.07) is 8.11. The number of rotatable bonds is 10. The van der Waals surface area contributed by atoms with Gasteiger partial charge in [0.25, 0.3) is 5.91 Å². The molecule has 38 heavy (non-hydrogen) atoms. The second-order valence-electron chi connectivity index (χ2n) is 8.71. The Kier molecular flexibility index (Phi) is 9.02. The topological polar surface area (TPSA) is 112 Å². The van der Waals surface area contributed by atoms with Crippen molar-refractivity contribution in [2.75, 3.05) is 42.8 Å². The first-order valence-electron chi connectivity index (χ1n) is 11.9. The fourth-order valence-corrected chi connectivity index (χ4v) is 3.76. The van der Waals surface area contributed by atoms with E-state index in [0.29, 0.717) is 30.2 Å². The van der Waals surface area contributed by atoms with Crippen LogP contribution < -0.4 is 32.1 Å². The van der Waals surface area contributed by atoms with E-state index in [1.807, 2.05) is 20.9 Å². The number of hydrazine groups is 1. The van der Waals surface area contributed by atoms with Gasteiger partial charge in [-0.3, -0.25) is 14.5 Å². The zero-order valence-corrected chi connectivity index (χ0v) is 22.0. The lowest BCUT2D eigenvalue weighted by atomic mass is 10.1. The molecule has 1 aromatic heterocycles. The fraction of sp³-hybridized carbons (Fsp3) is 0.308. The number of aromatic nitrogens is 2. The molecule has 0 spiro atoms. The van der Waals surface area contributed by atoms with Crippen molar-refractivity contribution in [3.63, 3.8) is 0 Å². The smallest absolute Gasteiger partial charge is 0.386 e. The minimum Gasteiger partial charge on any atom is -0.386 e. The van der Waals surface area contributed by atoms with Crippen LogP contribution in [0.2, 0.25) is 0 Å². The highest BCUT2D eigenvalue weighted by molar-refractivity contribution is 6.06. The molecule has 3 aromatic rings. The summed E-state index contributed by atoms with van der Waals surface area (Å²) in [5, 5.41) is 17.4. The van der Waals surface area contributed by atoms with E-state index < -0.39 is 17.6 Å². The third-order valence-electron chi connectivity index (χ3n) is 6.10. The Hall–Kier alpha value is -4.03. The molecule has 0 aliphatic rings. The van der Waals surface area contributed by atoms with Crippen LogP contribution >= 0.6 is 0 Å². The van der Waals surface area contributed by atoms with Gasteiger partial charge in [0.15, 0.2) is 0 Å². The summed E-state index contributed by atoms with van der Waals surface area (Å²) in [6.07, 6.45) is -1.14. The Balaban J connectivity index is 1.91. The van der Waals surface area contributed by atoms with Crippen LogP contribution in [0.1, 0.15) is 32.7 Å². The first-order chi connectivity index (χ1) is 18.0. The van der Waals surface area contributed by atoms with E-state index in [-0.39, 0.29) is 11.3 Å². The highest BCUT2D eigenvalue weighted by Crippen LogP contribution is 2.34. The van der Waals surface area contributed by atoms with Crippen LogP contribution in [0.25, 0.3) is 5.70 Å². The van der Waals surface area contributed by atoms with Crippen molar-refractivity contribution < 1.29 is 18.0 Å². The highest BCUT2D eigenvalue weighted by atomic mass is 19.4. The van der Waals surface area contributed by atoms with E-state index in [1.165, 1.54) is 11.1 Å².